The van der Waals surface area contributed by atoms with Gasteiger partial charge in [0.1, 0.15) is 0 Å². The van der Waals surface area contributed by atoms with Gasteiger partial charge in [-0.15, -0.1) is 21.5 Å². The average Bonchev–Trinajstić information content (AvgIpc) is 3.15. The quantitative estimate of drug-likeness (QED) is 0.853. The molecule has 1 atom stereocenters. The van der Waals surface area contributed by atoms with Crippen LogP contribution in [0.3, 0.4) is 0 Å². The Morgan fingerprint density at radius 1 is 1.46 bits per heavy atom. The van der Waals surface area contributed by atoms with Crippen LogP contribution in [0, 0.1) is 5.92 Å². The molecule has 7 nitrogen and oxygen atoms in total. The zero-order valence-corrected chi connectivity index (χ0v) is 14.5. The lowest BCUT2D eigenvalue weighted by atomic mass is 9.97. The summed E-state index contributed by atoms with van der Waals surface area (Å²) in [5.41, 5.74) is 0. The number of amides is 1. The van der Waals surface area contributed by atoms with Gasteiger partial charge in [-0.25, -0.2) is 4.98 Å². The van der Waals surface area contributed by atoms with E-state index in [1.54, 1.807) is 30.7 Å². The summed E-state index contributed by atoms with van der Waals surface area (Å²) < 4.78 is 5.03. The van der Waals surface area contributed by atoms with E-state index >= 15 is 0 Å². The molecule has 1 N–H and O–H groups in total. The van der Waals surface area contributed by atoms with Crippen molar-refractivity contribution in [2.45, 2.75) is 19.3 Å². The summed E-state index contributed by atoms with van der Waals surface area (Å²) in [6.45, 7) is 2.19. The first-order chi connectivity index (χ1) is 11.8. The highest BCUT2D eigenvalue weighted by Crippen LogP contribution is 2.22. The molecule has 2 aromatic rings. The third-order valence-corrected chi connectivity index (χ3v) is 4.91. The summed E-state index contributed by atoms with van der Waals surface area (Å²) in [7, 11) is 1.57. The summed E-state index contributed by atoms with van der Waals surface area (Å²) in [5.74, 6) is 1.37. The standard InChI is InChI=1S/C16H21N5O2S/c1-23-14-5-4-13(19-20-14)21-9-2-3-12(11-21)16(22)18-7-6-15-17-8-10-24-15/h4-5,8,10,12H,2-3,6-7,9,11H2,1H3,(H,18,22)/t12-/m1/s1. The van der Waals surface area contributed by atoms with E-state index in [-0.39, 0.29) is 11.8 Å². The molecule has 1 aliphatic rings. The second-order valence-electron chi connectivity index (χ2n) is 5.69. The average molecular weight is 347 g/mol. The van der Waals surface area contributed by atoms with Gasteiger partial charge in [0.25, 0.3) is 0 Å². The molecule has 1 amide bonds. The van der Waals surface area contributed by atoms with Gasteiger partial charge in [-0.2, -0.15) is 0 Å². The van der Waals surface area contributed by atoms with Crippen LogP contribution in [0.25, 0.3) is 0 Å². The fourth-order valence-corrected chi connectivity index (χ4v) is 3.42. The fourth-order valence-electron chi connectivity index (χ4n) is 2.80. The van der Waals surface area contributed by atoms with Crippen LogP contribution in [0.5, 0.6) is 5.88 Å². The van der Waals surface area contributed by atoms with Crippen LogP contribution in [0.1, 0.15) is 17.8 Å². The van der Waals surface area contributed by atoms with Gasteiger partial charge in [-0.1, -0.05) is 0 Å². The minimum Gasteiger partial charge on any atom is -0.480 e. The molecule has 0 radical (unpaired) electrons. The van der Waals surface area contributed by atoms with Crippen LogP contribution in [0.4, 0.5) is 5.82 Å². The Morgan fingerprint density at radius 3 is 3.08 bits per heavy atom. The molecule has 2 aromatic heterocycles. The van der Waals surface area contributed by atoms with E-state index in [9.17, 15) is 4.79 Å². The molecule has 0 spiro atoms. The van der Waals surface area contributed by atoms with Crippen LogP contribution < -0.4 is 15.0 Å². The van der Waals surface area contributed by atoms with E-state index in [1.165, 1.54) is 0 Å². The second kappa shape index (κ2) is 8.05. The van der Waals surface area contributed by atoms with Gasteiger partial charge in [0, 0.05) is 43.7 Å². The number of nitrogens with zero attached hydrogens (tertiary/aromatic N) is 4. The number of anilines is 1. The molecule has 8 heteroatoms. The SMILES string of the molecule is COc1ccc(N2CCC[C@@H](C(=O)NCCc3nccs3)C2)nn1. The predicted octanol–water partition coefficient (Wildman–Crippen LogP) is 1.52. The molecule has 0 aliphatic carbocycles. The normalized spacial score (nSPS) is 17.5. The maximum Gasteiger partial charge on any atom is 0.233 e. The highest BCUT2D eigenvalue weighted by molar-refractivity contribution is 7.09. The van der Waals surface area contributed by atoms with Crippen molar-refractivity contribution in [3.05, 3.63) is 28.7 Å². The Labute approximate surface area is 145 Å². The van der Waals surface area contributed by atoms with Crippen molar-refractivity contribution in [1.29, 1.82) is 0 Å². The number of piperidine rings is 1. The van der Waals surface area contributed by atoms with E-state index in [1.807, 2.05) is 11.4 Å². The van der Waals surface area contributed by atoms with Gasteiger partial charge in [-0.05, 0) is 18.9 Å². The first-order valence-corrected chi connectivity index (χ1v) is 8.93. The lowest BCUT2D eigenvalue weighted by Gasteiger charge is -2.32. The van der Waals surface area contributed by atoms with Gasteiger partial charge in [-0.3, -0.25) is 4.79 Å². The number of nitrogens with one attached hydrogen (secondary N) is 1. The van der Waals surface area contributed by atoms with Crippen molar-refractivity contribution >= 4 is 23.1 Å². The van der Waals surface area contributed by atoms with E-state index in [0.717, 1.165) is 36.6 Å². The Bertz CT molecular complexity index is 647. The molecule has 1 saturated heterocycles. The maximum absolute atomic E-state index is 12.4. The molecule has 0 bridgehead atoms. The number of thiazole rings is 1. The van der Waals surface area contributed by atoms with Gasteiger partial charge in [0.2, 0.25) is 11.8 Å². The molecular weight excluding hydrogens is 326 g/mol. The van der Waals surface area contributed by atoms with Crippen molar-refractivity contribution in [3.63, 3.8) is 0 Å². The molecule has 3 heterocycles. The topological polar surface area (TPSA) is 80.2 Å². The molecule has 128 valence electrons. The van der Waals surface area contributed by atoms with Crippen LogP contribution in [-0.2, 0) is 11.2 Å². The van der Waals surface area contributed by atoms with E-state index in [0.29, 0.717) is 19.0 Å². The fraction of sp³-hybridized carbons (Fsp3) is 0.500. The summed E-state index contributed by atoms with van der Waals surface area (Å²) in [6.07, 6.45) is 4.45. The van der Waals surface area contributed by atoms with Crippen molar-refractivity contribution in [2.24, 2.45) is 5.92 Å². The monoisotopic (exact) mass is 347 g/mol. The smallest absolute Gasteiger partial charge is 0.233 e. The number of carbonyl (C=O) groups excluding carboxylic acids is 1. The van der Waals surface area contributed by atoms with Crippen molar-refractivity contribution in [2.75, 3.05) is 31.6 Å². The Morgan fingerprint density at radius 2 is 2.38 bits per heavy atom. The third-order valence-electron chi connectivity index (χ3n) is 4.07. The molecule has 1 fully saturated rings. The zero-order chi connectivity index (χ0) is 16.8. The second-order valence-corrected chi connectivity index (χ2v) is 6.67. The molecule has 1 aliphatic heterocycles. The first-order valence-electron chi connectivity index (χ1n) is 8.05. The zero-order valence-electron chi connectivity index (χ0n) is 13.6. The Hall–Kier alpha value is -2.22. The number of methoxy groups -OCH3 is 1. The largest absolute Gasteiger partial charge is 0.480 e. The van der Waals surface area contributed by atoms with Gasteiger partial charge in [0.05, 0.1) is 18.0 Å². The Balaban J connectivity index is 1.51. The minimum absolute atomic E-state index is 0.0149. The van der Waals surface area contributed by atoms with Crippen LogP contribution in [0.2, 0.25) is 0 Å². The molecule has 0 aromatic carbocycles. The van der Waals surface area contributed by atoms with E-state index in [2.05, 4.69) is 25.4 Å². The van der Waals surface area contributed by atoms with Crippen molar-refractivity contribution in [1.82, 2.24) is 20.5 Å². The maximum atomic E-state index is 12.4. The number of hydrogen-bond acceptors (Lipinski definition) is 7. The summed E-state index contributed by atoms with van der Waals surface area (Å²) >= 11 is 1.61. The summed E-state index contributed by atoms with van der Waals surface area (Å²) in [4.78, 5) is 18.7. The lowest BCUT2D eigenvalue weighted by molar-refractivity contribution is -0.125. The highest BCUT2D eigenvalue weighted by Gasteiger charge is 2.26. The minimum atomic E-state index is -0.0149. The summed E-state index contributed by atoms with van der Waals surface area (Å²) in [5, 5.41) is 14.2. The number of hydrogen-bond donors (Lipinski definition) is 1. The molecule has 0 saturated carbocycles. The highest BCUT2D eigenvalue weighted by atomic mass is 32.1. The first kappa shape index (κ1) is 16.6. The summed E-state index contributed by atoms with van der Waals surface area (Å²) in [6, 6.07) is 3.68. The molecular formula is C16H21N5O2S. The van der Waals surface area contributed by atoms with Gasteiger partial charge >= 0.3 is 0 Å². The van der Waals surface area contributed by atoms with E-state index < -0.39 is 0 Å². The Kier molecular flexibility index (Phi) is 5.58. The molecule has 3 rings (SSSR count). The van der Waals surface area contributed by atoms with Gasteiger partial charge < -0.3 is 15.0 Å². The third kappa shape index (κ3) is 4.19. The van der Waals surface area contributed by atoms with E-state index in [4.69, 9.17) is 4.74 Å². The van der Waals surface area contributed by atoms with Gasteiger partial charge in [0.15, 0.2) is 5.82 Å². The van der Waals surface area contributed by atoms with Crippen molar-refractivity contribution in [3.8, 4) is 5.88 Å². The molecule has 0 unspecified atom stereocenters. The van der Waals surface area contributed by atoms with Crippen LogP contribution >= 0.6 is 11.3 Å². The van der Waals surface area contributed by atoms with Crippen molar-refractivity contribution < 1.29 is 9.53 Å². The predicted molar refractivity (Wildman–Crippen MR) is 92.3 cm³/mol. The number of ether oxygens (including phenoxy) is 1. The number of aromatic nitrogens is 3. The number of carbonyl (C=O) groups is 1. The molecule has 24 heavy (non-hydrogen) atoms. The van der Waals surface area contributed by atoms with Crippen LogP contribution in [0.15, 0.2) is 23.7 Å². The van der Waals surface area contributed by atoms with Crippen LogP contribution in [-0.4, -0.2) is 47.8 Å². The number of rotatable bonds is 6. The lowest BCUT2D eigenvalue weighted by Crippen LogP contribution is -2.43.